The lowest BCUT2D eigenvalue weighted by Crippen LogP contribution is -2.11. The molecule has 88 valence electrons. The van der Waals surface area contributed by atoms with Gasteiger partial charge in [-0.3, -0.25) is 9.36 Å². The molecule has 0 aromatic heterocycles. The third kappa shape index (κ3) is 3.47. The highest BCUT2D eigenvalue weighted by atomic mass is 31.2. The molecule has 0 aliphatic carbocycles. The zero-order valence-corrected chi connectivity index (χ0v) is 10.0. The van der Waals surface area contributed by atoms with Gasteiger partial charge in [0, 0.05) is 11.5 Å². The quantitative estimate of drug-likeness (QED) is 0.776. The van der Waals surface area contributed by atoms with Gasteiger partial charge in [0.15, 0.2) is 0 Å². The fourth-order valence-electron chi connectivity index (χ4n) is 1.28. The van der Waals surface area contributed by atoms with Crippen LogP contribution in [0.1, 0.15) is 13.3 Å². The number of hydrogen-bond donors (Lipinski definition) is 1. The Morgan fingerprint density at radius 3 is 2.50 bits per heavy atom. The summed E-state index contributed by atoms with van der Waals surface area (Å²) >= 11 is 0. The smallest absolute Gasteiger partial charge is 0.305 e. The molecule has 1 aromatic rings. The van der Waals surface area contributed by atoms with E-state index in [1.54, 1.807) is 31.2 Å². The number of aliphatic carboxylic acids is 1. The number of carbonyl (C=O) groups is 1. The van der Waals surface area contributed by atoms with Crippen LogP contribution in [0.5, 0.6) is 0 Å². The van der Waals surface area contributed by atoms with Gasteiger partial charge in [-0.1, -0.05) is 25.1 Å². The van der Waals surface area contributed by atoms with E-state index in [9.17, 15) is 9.36 Å². The molecule has 1 unspecified atom stereocenters. The summed E-state index contributed by atoms with van der Waals surface area (Å²) in [4.78, 5) is 10.3. The van der Waals surface area contributed by atoms with Gasteiger partial charge in [0.25, 0.3) is 0 Å². The van der Waals surface area contributed by atoms with Crippen molar-refractivity contribution in [2.75, 3.05) is 12.8 Å². The molecular weight excluding hydrogens is 227 g/mol. The minimum atomic E-state index is -2.87. The number of rotatable bonds is 6. The van der Waals surface area contributed by atoms with E-state index in [1.807, 2.05) is 6.07 Å². The lowest BCUT2D eigenvalue weighted by molar-refractivity contribution is -0.137. The van der Waals surface area contributed by atoms with Crippen LogP contribution in [0.15, 0.2) is 30.3 Å². The molecule has 0 spiro atoms. The zero-order valence-electron chi connectivity index (χ0n) is 9.13. The van der Waals surface area contributed by atoms with Gasteiger partial charge in [-0.25, -0.2) is 0 Å². The van der Waals surface area contributed by atoms with Gasteiger partial charge in [-0.2, -0.15) is 0 Å². The number of hydrogen-bond acceptors (Lipinski definition) is 3. The van der Waals surface area contributed by atoms with Gasteiger partial charge >= 0.3 is 5.97 Å². The molecule has 1 N–H and O–H groups in total. The second kappa shape index (κ2) is 5.83. The molecule has 0 aliphatic heterocycles. The Bertz CT molecular complexity index is 388. The van der Waals surface area contributed by atoms with Crippen molar-refractivity contribution in [1.82, 2.24) is 0 Å². The van der Waals surface area contributed by atoms with Crippen LogP contribution in [0.25, 0.3) is 0 Å². The van der Waals surface area contributed by atoms with Crippen LogP contribution in [0.3, 0.4) is 0 Å². The number of carboxylic acid groups (broad SMARTS) is 1. The van der Waals surface area contributed by atoms with E-state index in [4.69, 9.17) is 9.63 Å². The second-order valence-electron chi connectivity index (χ2n) is 3.30. The first-order chi connectivity index (χ1) is 7.58. The van der Waals surface area contributed by atoms with Gasteiger partial charge in [-0.15, -0.1) is 0 Å². The van der Waals surface area contributed by atoms with Crippen molar-refractivity contribution in [2.45, 2.75) is 13.3 Å². The van der Waals surface area contributed by atoms with Crippen molar-refractivity contribution in [3.05, 3.63) is 30.3 Å². The molecule has 0 fully saturated rings. The van der Waals surface area contributed by atoms with Crippen LogP contribution in [0, 0.1) is 0 Å². The van der Waals surface area contributed by atoms with E-state index in [0.717, 1.165) is 0 Å². The molecule has 0 saturated carbocycles. The van der Waals surface area contributed by atoms with Gasteiger partial charge in [-0.05, 0) is 12.1 Å². The van der Waals surface area contributed by atoms with Crippen LogP contribution < -0.4 is 5.30 Å². The van der Waals surface area contributed by atoms with E-state index in [0.29, 0.717) is 11.5 Å². The molecule has 4 nitrogen and oxygen atoms in total. The van der Waals surface area contributed by atoms with Crippen molar-refractivity contribution < 1.29 is 19.0 Å². The van der Waals surface area contributed by atoms with E-state index in [1.165, 1.54) is 0 Å². The van der Waals surface area contributed by atoms with Crippen LogP contribution in [-0.2, 0) is 13.9 Å². The standard InChI is InChI=1S/C11H15O4P/c1-2-16(14,15-9-8-11(12)13)10-6-4-3-5-7-10/h3-7H,2,8-9H2,1H3,(H,12,13). The van der Waals surface area contributed by atoms with Crippen molar-refractivity contribution >= 4 is 18.6 Å². The summed E-state index contributed by atoms with van der Waals surface area (Å²) in [6, 6.07) is 8.90. The van der Waals surface area contributed by atoms with E-state index >= 15 is 0 Å². The van der Waals surface area contributed by atoms with Crippen molar-refractivity contribution in [3.8, 4) is 0 Å². The predicted octanol–water partition coefficient (Wildman–Crippen LogP) is 2.10. The molecule has 1 atom stereocenters. The molecule has 5 heteroatoms. The summed E-state index contributed by atoms with van der Waals surface area (Å²) in [7, 11) is -2.87. The fraction of sp³-hybridized carbons (Fsp3) is 0.364. The maximum absolute atomic E-state index is 12.3. The molecule has 16 heavy (non-hydrogen) atoms. The summed E-state index contributed by atoms with van der Waals surface area (Å²) in [6.45, 7) is 1.75. The van der Waals surface area contributed by atoms with Crippen LogP contribution in [0.2, 0.25) is 0 Å². The summed E-state index contributed by atoms with van der Waals surface area (Å²) in [5, 5.41) is 9.13. The third-order valence-electron chi connectivity index (χ3n) is 2.18. The Kier molecular flexibility index (Phi) is 4.71. The van der Waals surface area contributed by atoms with Gasteiger partial charge < -0.3 is 9.63 Å². The molecule has 0 saturated heterocycles. The Labute approximate surface area is 94.7 Å². The van der Waals surface area contributed by atoms with Gasteiger partial charge in [0.2, 0.25) is 7.37 Å². The highest BCUT2D eigenvalue weighted by molar-refractivity contribution is 7.66. The maximum atomic E-state index is 12.3. The first-order valence-corrected chi connectivity index (χ1v) is 6.90. The van der Waals surface area contributed by atoms with Crippen LogP contribution in [0.4, 0.5) is 0 Å². The summed E-state index contributed by atoms with van der Waals surface area (Å²) < 4.78 is 17.6. The van der Waals surface area contributed by atoms with Gasteiger partial charge in [0.05, 0.1) is 13.0 Å². The first kappa shape index (κ1) is 12.9. The molecule has 0 bridgehead atoms. The minimum Gasteiger partial charge on any atom is -0.481 e. The van der Waals surface area contributed by atoms with E-state index < -0.39 is 13.3 Å². The van der Waals surface area contributed by atoms with Crippen LogP contribution >= 0.6 is 7.37 Å². The van der Waals surface area contributed by atoms with Crippen molar-refractivity contribution in [1.29, 1.82) is 0 Å². The fourth-order valence-corrected chi connectivity index (χ4v) is 2.99. The molecule has 0 heterocycles. The van der Waals surface area contributed by atoms with Crippen LogP contribution in [-0.4, -0.2) is 23.8 Å². The average molecular weight is 242 g/mol. The summed E-state index contributed by atoms with van der Waals surface area (Å²) in [6.07, 6.45) is 0.244. The second-order valence-corrected chi connectivity index (χ2v) is 6.06. The Morgan fingerprint density at radius 1 is 1.38 bits per heavy atom. The number of carboxylic acids is 1. The topological polar surface area (TPSA) is 63.6 Å². The SMILES string of the molecule is CCP(=O)(OCCC(=O)O)c1ccccc1. The van der Waals surface area contributed by atoms with Crippen molar-refractivity contribution in [3.63, 3.8) is 0 Å². The molecular formula is C11H15O4P. The normalized spacial score (nSPS) is 14.3. The monoisotopic (exact) mass is 242 g/mol. The van der Waals surface area contributed by atoms with Gasteiger partial charge in [0.1, 0.15) is 0 Å². The average Bonchev–Trinajstić information content (AvgIpc) is 2.29. The molecule has 0 amide bonds. The lowest BCUT2D eigenvalue weighted by atomic mass is 10.4. The Balaban J connectivity index is 2.71. The first-order valence-electron chi connectivity index (χ1n) is 5.09. The molecule has 0 radical (unpaired) electrons. The zero-order chi connectivity index (χ0) is 12.0. The van der Waals surface area contributed by atoms with E-state index in [-0.39, 0.29) is 13.0 Å². The molecule has 0 aliphatic rings. The summed E-state index contributed by atoms with van der Waals surface area (Å²) in [5.74, 6) is -0.948. The summed E-state index contributed by atoms with van der Waals surface area (Å²) in [5.41, 5.74) is 0. The number of benzene rings is 1. The highest BCUT2D eigenvalue weighted by Gasteiger charge is 2.23. The van der Waals surface area contributed by atoms with E-state index in [2.05, 4.69) is 0 Å². The lowest BCUT2D eigenvalue weighted by Gasteiger charge is -2.16. The Morgan fingerprint density at radius 2 is 2.00 bits per heavy atom. The minimum absolute atomic E-state index is 0.0185. The maximum Gasteiger partial charge on any atom is 0.305 e. The van der Waals surface area contributed by atoms with Crippen molar-refractivity contribution in [2.24, 2.45) is 0 Å². The predicted molar refractivity (Wildman–Crippen MR) is 62.4 cm³/mol. The largest absolute Gasteiger partial charge is 0.481 e. The molecule has 1 aromatic carbocycles. The highest BCUT2D eigenvalue weighted by Crippen LogP contribution is 2.45. The third-order valence-corrected chi connectivity index (χ3v) is 4.70. The Hall–Kier alpha value is -1.12. The molecule has 1 rings (SSSR count).